The molecule has 2 aliphatic heterocycles. The number of para-hydroxylation sites is 1. The Kier molecular flexibility index (Phi) is 5.17. The molecular weight excluding hydrogens is 409 g/mol. The van der Waals surface area contributed by atoms with Gasteiger partial charge in [0.15, 0.2) is 5.76 Å². The van der Waals surface area contributed by atoms with Gasteiger partial charge >= 0.3 is 0 Å². The summed E-state index contributed by atoms with van der Waals surface area (Å²) < 4.78 is 28.0. The van der Waals surface area contributed by atoms with Gasteiger partial charge in [0.25, 0.3) is 5.91 Å². The number of morpholine rings is 1. The van der Waals surface area contributed by atoms with Gasteiger partial charge in [-0.15, -0.1) is 0 Å². The number of carbonyl (C=O) groups is 1. The number of aromatic nitrogens is 2. The summed E-state index contributed by atoms with van der Waals surface area (Å²) in [5.41, 5.74) is 2.78. The molecule has 0 unspecified atom stereocenters. The summed E-state index contributed by atoms with van der Waals surface area (Å²) in [6.45, 7) is 4.83. The summed E-state index contributed by atoms with van der Waals surface area (Å²) in [6.07, 6.45) is 5.49. The average molecular weight is 433 g/mol. The zero-order chi connectivity index (χ0) is 22.2. The largest absolute Gasteiger partial charge is 0.493 e. The minimum Gasteiger partial charge on any atom is -0.493 e. The van der Waals surface area contributed by atoms with Crippen molar-refractivity contribution in [2.75, 3.05) is 13.2 Å². The fraction of sp³-hybridized carbons (Fsp3) is 0.280. The number of fused-ring (bicyclic) bond motifs is 1. The highest BCUT2D eigenvalue weighted by Gasteiger charge is 2.37. The van der Waals surface area contributed by atoms with Gasteiger partial charge in [-0.2, -0.15) is 0 Å². The number of ether oxygens (including phenoxy) is 2. The first-order chi connectivity index (χ1) is 15.5. The van der Waals surface area contributed by atoms with Crippen molar-refractivity contribution in [3.8, 4) is 11.4 Å². The normalized spacial score (nSPS) is 21.8. The second kappa shape index (κ2) is 8.15. The molecule has 2 aromatic carbocycles. The number of imidazole rings is 1. The maximum Gasteiger partial charge on any atom is 0.289 e. The van der Waals surface area contributed by atoms with Crippen LogP contribution in [0.4, 0.5) is 4.39 Å². The molecule has 1 saturated heterocycles. The zero-order valence-corrected chi connectivity index (χ0v) is 18.0. The molecule has 0 saturated carbocycles. The minimum absolute atomic E-state index is 0.0780. The van der Waals surface area contributed by atoms with Crippen LogP contribution in [0.15, 0.2) is 60.7 Å². The van der Waals surface area contributed by atoms with Crippen molar-refractivity contribution >= 4 is 12.0 Å². The molecule has 1 aromatic heterocycles. The van der Waals surface area contributed by atoms with Crippen molar-refractivity contribution in [3.63, 3.8) is 0 Å². The predicted octanol–water partition coefficient (Wildman–Crippen LogP) is 4.43. The number of hydrogen-bond donors (Lipinski definition) is 0. The maximum atomic E-state index is 14.8. The fourth-order valence-electron chi connectivity index (χ4n) is 4.34. The molecule has 0 spiro atoms. The lowest BCUT2D eigenvalue weighted by molar-refractivity contribution is -0.142. The molecule has 5 rings (SSSR count). The van der Waals surface area contributed by atoms with Crippen LogP contribution < -0.4 is 4.74 Å². The van der Waals surface area contributed by atoms with E-state index in [2.05, 4.69) is 4.98 Å². The molecule has 6 nitrogen and oxygen atoms in total. The van der Waals surface area contributed by atoms with E-state index in [0.29, 0.717) is 24.4 Å². The number of amides is 1. The smallest absolute Gasteiger partial charge is 0.289 e. The van der Waals surface area contributed by atoms with E-state index in [0.717, 1.165) is 23.4 Å². The Morgan fingerprint density at radius 2 is 2.06 bits per heavy atom. The van der Waals surface area contributed by atoms with Crippen LogP contribution in [-0.4, -0.2) is 39.6 Å². The van der Waals surface area contributed by atoms with Gasteiger partial charge in [-0.25, -0.2) is 9.37 Å². The lowest BCUT2D eigenvalue weighted by Crippen LogP contribution is -2.47. The molecule has 1 fully saturated rings. The summed E-state index contributed by atoms with van der Waals surface area (Å²) >= 11 is 0. The monoisotopic (exact) mass is 433 g/mol. The van der Waals surface area contributed by atoms with Crippen LogP contribution >= 0.6 is 0 Å². The first kappa shape index (κ1) is 20.3. The van der Waals surface area contributed by atoms with Crippen LogP contribution in [0.25, 0.3) is 11.8 Å². The number of carbonyl (C=O) groups excluding carboxylic acids is 1. The Balaban J connectivity index is 1.44. The SMILES string of the molecule is Cc1cn(-c2ccc(/C=C3\O[C@@H](C)CN([C@H]4CCOc5ccccc54)C3=O)cc2F)cn1. The van der Waals surface area contributed by atoms with Crippen LogP contribution in [-0.2, 0) is 9.53 Å². The minimum atomic E-state index is -0.400. The standard InChI is InChI=1S/C25H24FN3O3/c1-16-13-28(15-27-16)22-8-7-18(11-20(22)26)12-24-25(30)29(14-17(2)32-24)21-9-10-31-23-6-4-3-5-19(21)23/h3-8,11-13,15,17,21H,9-10,14H2,1-2H3/b24-12-/t17-,21-/m0/s1. The molecule has 0 N–H and O–H groups in total. The van der Waals surface area contributed by atoms with Crippen molar-refractivity contribution in [3.05, 3.63) is 83.4 Å². The molecule has 32 heavy (non-hydrogen) atoms. The van der Waals surface area contributed by atoms with E-state index in [1.165, 1.54) is 6.07 Å². The molecule has 164 valence electrons. The van der Waals surface area contributed by atoms with Crippen LogP contribution in [0.3, 0.4) is 0 Å². The van der Waals surface area contributed by atoms with Crippen LogP contribution in [0.1, 0.15) is 36.2 Å². The van der Waals surface area contributed by atoms with Gasteiger partial charge in [-0.3, -0.25) is 4.79 Å². The molecule has 0 radical (unpaired) electrons. The summed E-state index contributed by atoms with van der Waals surface area (Å²) in [7, 11) is 0. The lowest BCUT2D eigenvalue weighted by Gasteiger charge is -2.40. The van der Waals surface area contributed by atoms with Gasteiger partial charge in [0.1, 0.15) is 17.7 Å². The molecule has 0 bridgehead atoms. The quantitative estimate of drug-likeness (QED) is 0.574. The van der Waals surface area contributed by atoms with Crippen molar-refractivity contribution in [2.45, 2.75) is 32.4 Å². The lowest BCUT2D eigenvalue weighted by atomic mass is 9.97. The van der Waals surface area contributed by atoms with E-state index >= 15 is 0 Å². The number of rotatable bonds is 3. The third-order valence-electron chi connectivity index (χ3n) is 5.82. The summed E-state index contributed by atoms with van der Waals surface area (Å²) in [5, 5.41) is 0. The van der Waals surface area contributed by atoms with Gasteiger partial charge < -0.3 is 18.9 Å². The molecule has 7 heteroatoms. The second-order valence-corrected chi connectivity index (χ2v) is 8.22. The Hall–Kier alpha value is -3.61. The summed E-state index contributed by atoms with van der Waals surface area (Å²) in [4.78, 5) is 19.3. The van der Waals surface area contributed by atoms with Gasteiger partial charge in [-0.1, -0.05) is 24.3 Å². The maximum absolute atomic E-state index is 14.8. The van der Waals surface area contributed by atoms with Crippen LogP contribution in [0.5, 0.6) is 5.75 Å². The number of benzene rings is 2. The Bertz CT molecular complexity index is 1200. The first-order valence-corrected chi connectivity index (χ1v) is 10.7. The highest BCUT2D eigenvalue weighted by molar-refractivity contribution is 5.96. The molecular formula is C25H24FN3O3. The molecule has 0 aliphatic carbocycles. The van der Waals surface area contributed by atoms with Crippen molar-refractivity contribution in [1.82, 2.24) is 14.5 Å². The fourth-order valence-corrected chi connectivity index (χ4v) is 4.34. The highest BCUT2D eigenvalue weighted by Crippen LogP contribution is 2.38. The van der Waals surface area contributed by atoms with E-state index in [1.54, 1.807) is 35.3 Å². The summed E-state index contributed by atoms with van der Waals surface area (Å²) in [6, 6.07) is 12.6. The van der Waals surface area contributed by atoms with Crippen LogP contribution in [0, 0.1) is 12.7 Å². The molecule has 3 heterocycles. The predicted molar refractivity (Wildman–Crippen MR) is 118 cm³/mol. The molecule has 2 atom stereocenters. The van der Waals surface area contributed by atoms with Gasteiger partial charge in [-0.05, 0) is 43.7 Å². The average Bonchev–Trinajstić information content (AvgIpc) is 3.21. The van der Waals surface area contributed by atoms with Crippen molar-refractivity contribution in [1.29, 1.82) is 0 Å². The Morgan fingerprint density at radius 1 is 1.22 bits per heavy atom. The van der Waals surface area contributed by atoms with Gasteiger partial charge in [0.2, 0.25) is 0 Å². The van der Waals surface area contributed by atoms with E-state index in [9.17, 15) is 9.18 Å². The third-order valence-corrected chi connectivity index (χ3v) is 5.82. The zero-order valence-electron chi connectivity index (χ0n) is 18.0. The van der Waals surface area contributed by atoms with Crippen LogP contribution in [0.2, 0.25) is 0 Å². The van der Waals surface area contributed by atoms with Gasteiger partial charge in [0.05, 0.1) is 36.9 Å². The first-order valence-electron chi connectivity index (χ1n) is 10.7. The Labute approximate surface area is 185 Å². The topological polar surface area (TPSA) is 56.6 Å². The molecule has 2 aliphatic rings. The number of hydrogen-bond acceptors (Lipinski definition) is 4. The van der Waals surface area contributed by atoms with E-state index in [-0.39, 0.29) is 23.8 Å². The second-order valence-electron chi connectivity index (χ2n) is 8.22. The van der Waals surface area contributed by atoms with Crippen molar-refractivity contribution in [2.24, 2.45) is 0 Å². The number of aryl methyl sites for hydroxylation is 1. The summed E-state index contributed by atoms with van der Waals surface area (Å²) in [5.74, 6) is 0.440. The Morgan fingerprint density at radius 3 is 2.84 bits per heavy atom. The molecule has 1 amide bonds. The third kappa shape index (κ3) is 3.75. The number of nitrogens with zero attached hydrogens (tertiary/aromatic N) is 3. The van der Waals surface area contributed by atoms with Gasteiger partial charge in [0, 0.05) is 18.2 Å². The van der Waals surface area contributed by atoms with Crippen molar-refractivity contribution < 1.29 is 18.7 Å². The molecule has 3 aromatic rings. The highest BCUT2D eigenvalue weighted by atomic mass is 19.1. The van der Waals surface area contributed by atoms with E-state index < -0.39 is 5.82 Å². The van der Waals surface area contributed by atoms with E-state index in [4.69, 9.17) is 9.47 Å². The number of halogens is 1. The van der Waals surface area contributed by atoms with E-state index in [1.807, 2.05) is 43.0 Å².